The molecule has 1 aromatic rings. The molecule has 1 heterocycles. The van der Waals surface area contributed by atoms with E-state index in [1.165, 1.54) is 0 Å². The molecule has 0 radical (unpaired) electrons. The number of carbonyl (C=O) groups excluding carboxylic acids is 3. The lowest BCUT2D eigenvalue weighted by molar-refractivity contribution is -0.148. The Bertz CT molecular complexity index is 655. The van der Waals surface area contributed by atoms with E-state index in [2.05, 4.69) is 5.32 Å². The summed E-state index contributed by atoms with van der Waals surface area (Å²) in [5, 5.41) is 2.65. The molecule has 0 aromatic heterocycles. The van der Waals surface area contributed by atoms with Crippen molar-refractivity contribution in [3.63, 3.8) is 0 Å². The third-order valence-electron chi connectivity index (χ3n) is 3.70. The van der Waals surface area contributed by atoms with Gasteiger partial charge in [-0.2, -0.15) is 0 Å². The number of carbonyl (C=O) groups is 3. The van der Waals surface area contributed by atoms with Crippen LogP contribution in [0.25, 0.3) is 0 Å². The van der Waals surface area contributed by atoms with Gasteiger partial charge in [-0.15, -0.1) is 0 Å². The van der Waals surface area contributed by atoms with Crippen LogP contribution < -0.4 is 14.8 Å². The fourth-order valence-corrected chi connectivity index (χ4v) is 2.28. The number of hydrogen-bond acceptors (Lipinski definition) is 6. The normalized spacial score (nSPS) is 13.0. The van der Waals surface area contributed by atoms with Gasteiger partial charge in [-0.1, -0.05) is 13.8 Å². The lowest BCUT2D eigenvalue weighted by Crippen LogP contribution is -2.31. The molecule has 0 saturated heterocycles. The lowest BCUT2D eigenvalue weighted by atomic mass is 10.1. The number of hydrogen-bond donors (Lipinski definition) is 1. The van der Waals surface area contributed by atoms with E-state index in [1.54, 1.807) is 18.2 Å². The van der Waals surface area contributed by atoms with Gasteiger partial charge in [0.05, 0.1) is 19.6 Å². The first-order valence-electron chi connectivity index (χ1n) is 8.81. The van der Waals surface area contributed by atoms with Gasteiger partial charge >= 0.3 is 5.97 Å². The molecule has 1 aliphatic heterocycles. The molecular formula is C19H25NO6. The van der Waals surface area contributed by atoms with Crippen molar-refractivity contribution in [2.24, 2.45) is 5.92 Å². The molecule has 1 amide bonds. The molecule has 7 heteroatoms. The molecule has 0 spiro atoms. The second kappa shape index (κ2) is 9.79. The first-order chi connectivity index (χ1) is 12.5. The summed E-state index contributed by atoms with van der Waals surface area (Å²) >= 11 is 0. The van der Waals surface area contributed by atoms with Gasteiger partial charge in [0.25, 0.3) is 5.91 Å². The van der Waals surface area contributed by atoms with Crippen LogP contribution in [-0.2, 0) is 14.3 Å². The molecule has 1 aromatic carbocycles. The van der Waals surface area contributed by atoms with Gasteiger partial charge in [0.2, 0.25) is 0 Å². The summed E-state index contributed by atoms with van der Waals surface area (Å²) in [5.74, 6) is 0.363. The van der Waals surface area contributed by atoms with Crippen molar-refractivity contribution < 1.29 is 28.6 Å². The molecule has 0 bridgehead atoms. The molecule has 2 rings (SSSR count). The van der Waals surface area contributed by atoms with Gasteiger partial charge < -0.3 is 19.5 Å². The van der Waals surface area contributed by atoms with E-state index < -0.39 is 5.97 Å². The average molecular weight is 363 g/mol. The van der Waals surface area contributed by atoms with Crippen molar-refractivity contribution in [1.82, 2.24) is 5.32 Å². The highest BCUT2D eigenvalue weighted by atomic mass is 16.5. The number of ketones is 1. The van der Waals surface area contributed by atoms with Crippen LogP contribution in [0.1, 0.15) is 43.5 Å². The van der Waals surface area contributed by atoms with Gasteiger partial charge in [-0.05, 0) is 24.1 Å². The van der Waals surface area contributed by atoms with Gasteiger partial charge in [-0.3, -0.25) is 14.4 Å². The standard InChI is InChI=1S/C19H25NO6/c1-13(2)11-20-18(22)12-26-19(23)7-5-15(21)14-4-6-16-17(10-14)25-9-3-8-24-16/h4,6,10,13H,3,5,7-9,11-12H2,1-2H3,(H,20,22). The molecule has 1 N–H and O–H groups in total. The lowest BCUT2D eigenvalue weighted by Gasteiger charge is -2.09. The summed E-state index contributed by atoms with van der Waals surface area (Å²) in [6.07, 6.45) is 0.714. The smallest absolute Gasteiger partial charge is 0.306 e. The summed E-state index contributed by atoms with van der Waals surface area (Å²) in [6, 6.07) is 4.99. The fraction of sp³-hybridized carbons (Fsp3) is 0.526. The van der Waals surface area contributed by atoms with E-state index in [4.69, 9.17) is 14.2 Å². The van der Waals surface area contributed by atoms with E-state index in [0.29, 0.717) is 42.7 Å². The maximum atomic E-state index is 12.3. The maximum absolute atomic E-state index is 12.3. The minimum Gasteiger partial charge on any atom is -0.490 e. The van der Waals surface area contributed by atoms with Crippen LogP contribution in [0.15, 0.2) is 18.2 Å². The van der Waals surface area contributed by atoms with Crippen LogP contribution in [0.5, 0.6) is 11.5 Å². The number of fused-ring (bicyclic) bond motifs is 1. The molecular weight excluding hydrogens is 338 g/mol. The highest BCUT2D eigenvalue weighted by molar-refractivity contribution is 5.98. The van der Waals surface area contributed by atoms with Crippen molar-refractivity contribution in [3.05, 3.63) is 23.8 Å². The molecule has 0 unspecified atom stereocenters. The fourth-order valence-electron chi connectivity index (χ4n) is 2.28. The highest BCUT2D eigenvalue weighted by Crippen LogP contribution is 2.30. The third kappa shape index (κ3) is 6.38. The van der Waals surface area contributed by atoms with Crippen LogP contribution in [0.3, 0.4) is 0 Å². The van der Waals surface area contributed by atoms with E-state index in [0.717, 1.165) is 6.42 Å². The Morgan fingerprint density at radius 2 is 1.85 bits per heavy atom. The number of nitrogens with one attached hydrogen (secondary N) is 1. The zero-order chi connectivity index (χ0) is 18.9. The average Bonchev–Trinajstić information content (AvgIpc) is 2.87. The van der Waals surface area contributed by atoms with E-state index in [-0.39, 0.29) is 31.1 Å². The Kier molecular flexibility index (Phi) is 7.44. The summed E-state index contributed by atoms with van der Waals surface area (Å²) in [6.45, 7) is 5.25. The van der Waals surface area contributed by atoms with Crippen LogP contribution in [0, 0.1) is 5.92 Å². The van der Waals surface area contributed by atoms with Crippen LogP contribution in [0.2, 0.25) is 0 Å². The maximum Gasteiger partial charge on any atom is 0.306 e. The Balaban J connectivity index is 1.76. The van der Waals surface area contributed by atoms with Gasteiger partial charge in [0, 0.05) is 24.9 Å². The van der Waals surface area contributed by atoms with Crippen molar-refractivity contribution in [2.45, 2.75) is 33.1 Å². The molecule has 7 nitrogen and oxygen atoms in total. The predicted molar refractivity (Wildman–Crippen MR) is 94.4 cm³/mol. The molecule has 0 fully saturated rings. The molecule has 0 atom stereocenters. The minimum absolute atomic E-state index is 0.00604. The van der Waals surface area contributed by atoms with Crippen molar-refractivity contribution >= 4 is 17.7 Å². The minimum atomic E-state index is -0.576. The highest BCUT2D eigenvalue weighted by Gasteiger charge is 2.16. The van der Waals surface area contributed by atoms with Crippen molar-refractivity contribution in [2.75, 3.05) is 26.4 Å². The topological polar surface area (TPSA) is 90.9 Å². The zero-order valence-corrected chi connectivity index (χ0v) is 15.2. The van der Waals surface area contributed by atoms with Crippen molar-refractivity contribution in [1.29, 1.82) is 0 Å². The first kappa shape index (κ1) is 19.8. The number of benzene rings is 1. The third-order valence-corrected chi connectivity index (χ3v) is 3.70. The second-order valence-electron chi connectivity index (χ2n) is 6.49. The monoisotopic (exact) mass is 363 g/mol. The number of ether oxygens (including phenoxy) is 3. The van der Waals surface area contributed by atoms with Gasteiger partial charge in [0.15, 0.2) is 23.9 Å². The van der Waals surface area contributed by atoms with Crippen molar-refractivity contribution in [3.8, 4) is 11.5 Å². The molecule has 26 heavy (non-hydrogen) atoms. The summed E-state index contributed by atoms with van der Waals surface area (Å²) < 4.78 is 16.0. The molecule has 0 saturated carbocycles. The molecule has 0 aliphatic carbocycles. The van der Waals surface area contributed by atoms with Gasteiger partial charge in [-0.25, -0.2) is 0 Å². The van der Waals surface area contributed by atoms with Gasteiger partial charge in [0.1, 0.15) is 0 Å². The van der Waals surface area contributed by atoms with Crippen LogP contribution in [-0.4, -0.2) is 44.0 Å². The second-order valence-corrected chi connectivity index (χ2v) is 6.49. The largest absolute Gasteiger partial charge is 0.490 e. The van der Waals surface area contributed by atoms with Crippen LogP contribution >= 0.6 is 0 Å². The van der Waals surface area contributed by atoms with E-state index in [9.17, 15) is 14.4 Å². The molecule has 1 aliphatic rings. The Hall–Kier alpha value is -2.57. The number of amides is 1. The number of esters is 1. The Morgan fingerprint density at radius 3 is 2.58 bits per heavy atom. The number of rotatable bonds is 8. The summed E-state index contributed by atoms with van der Waals surface area (Å²) in [7, 11) is 0. The predicted octanol–water partition coefficient (Wildman–Crippen LogP) is 2.13. The van der Waals surface area contributed by atoms with Crippen LogP contribution in [0.4, 0.5) is 0 Å². The summed E-state index contributed by atoms with van der Waals surface area (Å²) in [5.41, 5.74) is 0.455. The quantitative estimate of drug-likeness (QED) is 0.562. The summed E-state index contributed by atoms with van der Waals surface area (Å²) in [4.78, 5) is 35.4. The van der Waals surface area contributed by atoms with E-state index >= 15 is 0 Å². The SMILES string of the molecule is CC(C)CNC(=O)COC(=O)CCC(=O)c1ccc2c(c1)OCCCO2. The van der Waals surface area contributed by atoms with E-state index in [1.807, 2.05) is 13.8 Å². The molecule has 142 valence electrons. The Labute approximate surface area is 153 Å². The first-order valence-corrected chi connectivity index (χ1v) is 8.81. The number of Topliss-reactive ketones (excluding diaryl/α,β-unsaturated/α-hetero) is 1. The Morgan fingerprint density at radius 1 is 1.12 bits per heavy atom. The zero-order valence-electron chi connectivity index (χ0n) is 15.2.